The molecule has 64 valence electrons. The van der Waals surface area contributed by atoms with Crippen LogP contribution in [0.3, 0.4) is 0 Å². The van der Waals surface area contributed by atoms with Gasteiger partial charge in [0.15, 0.2) is 5.78 Å². The molecule has 0 amide bonds. The number of nitrogens with zero attached hydrogens (tertiary/aromatic N) is 2. The highest BCUT2D eigenvalue weighted by atomic mass is 16.1. The minimum Gasteiger partial charge on any atom is -0.324 e. The highest BCUT2D eigenvalue weighted by molar-refractivity contribution is 5.96. The fourth-order valence-corrected chi connectivity index (χ4v) is 0.968. The topological polar surface area (TPSA) is 68.9 Å². The first-order valence-electron chi connectivity index (χ1n) is 3.68. The largest absolute Gasteiger partial charge is 0.324 e. The van der Waals surface area contributed by atoms with E-state index >= 15 is 0 Å². The molecule has 0 aromatic carbocycles. The summed E-state index contributed by atoms with van der Waals surface area (Å²) in [4.78, 5) is 19.2. The second-order valence-electron chi connectivity index (χ2n) is 2.57. The molecule has 12 heavy (non-hydrogen) atoms. The van der Waals surface area contributed by atoms with E-state index < -0.39 is 0 Å². The Kier molecular flexibility index (Phi) is 2.50. The Labute approximate surface area is 70.8 Å². The average Bonchev–Trinajstić information content (AvgIpc) is 2.03. The fourth-order valence-electron chi connectivity index (χ4n) is 0.968. The van der Waals surface area contributed by atoms with E-state index in [1.54, 1.807) is 13.1 Å². The normalized spacial score (nSPS) is 9.92. The zero-order valence-corrected chi connectivity index (χ0v) is 7.16. The van der Waals surface area contributed by atoms with Crippen LogP contribution in [0, 0.1) is 13.8 Å². The maximum atomic E-state index is 11.1. The van der Waals surface area contributed by atoms with Crippen LogP contribution in [0.25, 0.3) is 0 Å². The number of carbonyl (C=O) groups is 1. The van der Waals surface area contributed by atoms with Crippen molar-refractivity contribution >= 4 is 5.78 Å². The molecule has 0 aliphatic carbocycles. The van der Waals surface area contributed by atoms with Gasteiger partial charge in [0.2, 0.25) is 0 Å². The van der Waals surface area contributed by atoms with Crippen molar-refractivity contribution in [3.63, 3.8) is 0 Å². The molecule has 0 aliphatic rings. The summed E-state index contributed by atoms with van der Waals surface area (Å²) in [6, 6.07) is 0. The van der Waals surface area contributed by atoms with E-state index in [1.807, 2.05) is 6.92 Å². The molecule has 1 heterocycles. The van der Waals surface area contributed by atoms with Crippen LogP contribution in [0.2, 0.25) is 0 Å². The van der Waals surface area contributed by atoms with Crippen LogP contribution in [0.5, 0.6) is 0 Å². The van der Waals surface area contributed by atoms with Crippen LogP contribution in [0.15, 0.2) is 6.20 Å². The van der Waals surface area contributed by atoms with Gasteiger partial charge in [-0.3, -0.25) is 9.78 Å². The minimum atomic E-state index is -0.167. The summed E-state index contributed by atoms with van der Waals surface area (Å²) >= 11 is 0. The van der Waals surface area contributed by atoms with Crippen molar-refractivity contribution < 1.29 is 4.79 Å². The monoisotopic (exact) mass is 165 g/mol. The molecule has 0 unspecified atom stereocenters. The van der Waals surface area contributed by atoms with E-state index in [-0.39, 0.29) is 12.3 Å². The Bertz CT molecular complexity index is 309. The van der Waals surface area contributed by atoms with Crippen molar-refractivity contribution in [2.75, 3.05) is 6.54 Å². The van der Waals surface area contributed by atoms with Gasteiger partial charge in [-0.15, -0.1) is 0 Å². The summed E-state index contributed by atoms with van der Waals surface area (Å²) in [5.41, 5.74) is 7.02. The van der Waals surface area contributed by atoms with Crippen molar-refractivity contribution in [1.29, 1.82) is 0 Å². The Morgan fingerprint density at radius 3 is 2.75 bits per heavy atom. The first-order valence-corrected chi connectivity index (χ1v) is 3.68. The molecule has 0 radical (unpaired) electrons. The Hall–Kier alpha value is -1.29. The lowest BCUT2D eigenvalue weighted by molar-refractivity contribution is 0.0995. The number of hydrogen-bond donors (Lipinski definition) is 1. The molecule has 0 fully saturated rings. The van der Waals surface area contributed by atoms with Gasteiger partial charge in [-0.2, -0.15) is 0 Å². The van der Waals surface area contributed by atoms with Crippen LogP contribution >= 0.6 is 0 Å². The van der Waals surface area contributed by atoms with Gasteiger partial charge in [-0.25, -0.2) is 4.98 Å². The maximum absolute atomic E-state index is 11.1. The van der Waals surface area contributed by atoms with Crippen molar-refractivity contribution in [2.24, 2.45) is 5.73 Å². The summed E-state index contributed by atoms with van der Waals surface area (Å²) in [6.45, 7) is 3.57. The quantitative estimate of drug-likeness (QED) is 0.637. The third-order valence-electron chi connectivity index (χ3n) is 1.52. The first kappa shape index (κ1) is 8.80. The molecular weight excluding hydrogens is 154 g/mol. The molecule has 2 N–H and O–H groups in total. The Morgan fingerprint density at radius 2 is 2.25 bits per heavy atom. The zero-order valence-electron chi connectivity index (χ0n) is 7.16. The van der Waals surface area contributed by atoms with Gasteiger partial charge in [0.1, 0.15) is 5.69 Å². The molecule has 1 rings (SSSR count). The molecule has 0 saturated carbocycles. The fraction of sp³-hybridized carbons (Fsp3) is 0.375. The summed E-state index contributed by atoms with van der Waals surface area (Å²) < 4.78 is 0. The predicted molar refractivity (Wildman–Crippen MR) is 44.9 cm³/mol. The van der Waals surface area contributed by atoms with E-state index in [1.165, 1.54) is 0 Å². The molecule has 0 spiro atoms. The number of Topliss-reactive ketones (excluding diaryl/α,β-unsaturated/α-hetero) is 1. The lowest BCUT2D eigenvalue weighted by atomic mass is 10.2. The highest BCUT2D eigenvalue weighted by Gasteiger charge is 2.08. The third kappa shape index (κ3) is 1.65. The van der Waals surface area contributed by atoms with E-state index in [4.69, 9.17) is 5.73 Å². The van der Waals surface area contributed by atoms with E-state index in [9.17, 15) is 4.79 Å². The highest BCUT2D eigenvalue weighted by Crippen LogP contribution is 2.02. The van der Waals surface area contributed by atoms with Crippen LogP contribution in [0.1, 0.15) is 21.9 Å². The second-order valence-corrected chi connectivity index (χ2v) is 2.57. The van der Waals surface area contributed by atoms with E-state index in [0.29, 0.717) is 11.4 Å². The van der Waals surface area contributed by atoms with E-state index in [0.717, 1.165) is 5.69 Å². The number of carbonyl (C=O) groups excluding carboxylic acids is 1. The summed E-state index contributed by atoms with van der Waals surface area (Å²) in [5.74, 6) is -0.167. The molecule has 0 aliphatic heterocycles. The minimum absolute atomic E-state index is 0.0153. The zero-order chi connectivity index (χ0) is 9.14. The van der Waals surface area contributed by atoms with Crippen LogP contribution < -0.4 is 5.73 Å². The number of ketones is 1. The van der Waals surface area contributed by atoms with Gasteiger partial charge in [0.25, 0.3) is 0 Å². The van der Waals surface area contributed by atoms with Crippen molar-refractivity contribution in [3.05, 3.63) is 23.3 Å². The lowest BCUT2D eigenvalue weighted by Gasteiger charge is -2.01. The molecule has 0 saturated heterocycles. The molecule has 1 aromatic rings. The van der Waals surface area contributed by atoms with Gasteiger partial charge in [0, 0.05) is 6.20 Å². The van der Waals surface area contributed by atoms with Crippen molar-refractivity contribution in [3.8, 4) is 0 Å². The van der Waals surface area contributed by atoms with Gasteiger partial charge in [0.05, 0.1) is 17.9 Å². The number of rotatable bonds is 2. The first-order chi connectivity index (χ1) is 5.65. The molecule has 4 nitrogen and oxygen atoms in total. The number of nitrogens with two attached hydrogens (primary N) is 1. The molecule has 0 atom stereocenters. The summed E-state index contributed by atoms with van der Waals surface area (Å²) in [6.07, 6.45) is 1.57. The number of aromatic nitrogens is 2. The van der Waals surface area contributed by atoms with E-state index in [2.05, 4.69) is 9.97 Å². The van der Waals surface area contributed by atoms with Gasteiger partial charge >= 0.3 is 0 Å². The Balaban J connectivity index is 3.09. The number of aryl methyl sites for hydroxylation is 2. The molecule has 0 bridgehead atoms. The van der Waals surface area contributed by atoms with Gasteiger partial charge < -0.3 is 5.73 Å². The van der Waals surface area contributed by atoms with Gasteiger partial charge in [-0.05, 0) is 13.8 Å². The summed E-state index contributed by atoms with van der Waals surface area (Å²) in [5, 5.41) is 0. The van der Waals surface area contributed by atoms with Crippen LogP contribution in [-0.2, 0) is 0 Å². The average molecular weight is 165 g/mol. The number of hydrogen-bond acceptors (Lipinski definition) is 4. The van der Waals surface area contributed by atoms with Crippen LogP contribution in [-0.4, -0.2) is 22.3 Å². The standard InChI is InChI=1S/C8H11N3O/c1-5-4-10-8(6(2)11-5)7(12)3-9/h4H,3,9H2,1-2H3. The van der Waals surface area contributed by atoms with Crippen LogP contribution in [0.4, 0.5) is 0 Å². The van der Waals surface area contributed by atoms with Gasteiger partial charge in [-0.1, -0.05) is 0 Å². The second kappa shape index (κ2) is 3.40. The summed E-state index contributed by atoms with van der Waals surface area (Å²) in [7, 11) is 0. The maximum Gasteiger partial charge on any atom is 0.196 e. The SMILES string of the molecule is Cc1cnc(C(=O)CN)c(C)n1. The molecule has 1 aromatic heterocycles. The van der Waals surface area contributed by atoms with Crippen molar-refractivity contribution in [2.45, 2.75) is 13.8 Å². The predicted octanol–water partition coefficient (Wildman–Crippen LogP) is 0.235. The lowest BCUT2D eigenvalue weighted by Crippen LogP contribution is -2.17. The Morgan fingerprint density at radius 1 is 1.58 bits per heavy atom. The molecule has 4 heteroatoms. The third-order valence-corrected chi connectivity index (χ3v) is 1.52. The molecular formula is C8H11N3O. The van der Waals surface area contributed by atoms with Crippen molar-refractivity contribution in [1.82, 2.24) is 9.97 Å². The smallest absolute Gasteiger partial charge is 0.196 e.